The molecule has 2 amide bonds. The van der Waals surface area contributed by atoms with Gasteiger partial charge in [-0.15, -0.1) is 0 Å². The predicted octanol–water partition coefficient (Wildman–Crippen LogP) is 3.21. The molecule has 0 saturated carbocycles. The molecule has 2 aliphatic heterocycles. The second-order valence-electron chi connectivity index (χ2n) is 7.96. The molecule has 2 heterocycles. The Morgan fingerprint density at radius 3 is 2.31 bits per heavy atom. The van der Waals surface area contributed by atoms with E-state index in [0.717, 1.165) is 12.8 Å². The van der Waals surface area contributed by atoms with E-state index >= 15 is 0 Å². The van der Waals surface area contributed by atoms with Crippen LogP contribution >= 0.6 is 0 Å². The van der Waals surface area contributed by atoms with Crippen molar-refractivity contribution in [3.05, 3.63) is 71.8 Å². The van der Waals surface area contributed by atoms with Gasteiger partial charge in [0.1, 0.15) is 0 Å². The number of ether oxygens (including phenoxy) is 1. The van der Waals surface area contributed by atoms with Crippen molar-refractivity contribution in [3.63, 3.8) is 0 Å². The van der Waals surface area contributed by atoms with Gasteiger partial charge >= 0.3 is 0 Å². The second kappa shape index (κ2) is 9.23. The quantitative estimate of drug-likeness (QED) is 0.759. The van der Waals surface area contributed by atoms with Crippen molar-refractivity contribution >= 4 is 11.8 Å². The van der Waals surface area contributed by atoms with Crippen LogP contribution in [0.15, 0.2) is 60.7 Å². The molecule has 0 aromatic heterocycles. The van der Waals surface area contributed by atoms with E-state index in [0.29, 0.717) is 32.7 Å². The zero-order valence-electron chi connectivity index (χ0n) is 16.7. The van der Waals surface area contributed by atoms with Gasteiger partial charge in [-0.25, -0.2) is 0 Å². The Labute approximate surface area is 172 Å². The van der Waals surface area contributed by atoms with Crippen LogP contribution in [0.1, 0.15) is 36.3 Å². The highest BCUT2D eigenvalue weighted by Gasteiger charge is 2.33. The summed E-state index contributed by atoms with van der Waals surface area (Å²) in [5.41, 5.74) is 2.35. The molecule has 1 unspecified atom stereocenters. The Morgan fingerprint density at radius 2 is 1.62 bits per heavy atom. The van der Waals surface area contributed by atoms with E-state index < -0.39 is 0 Å². The van der Waals surface area contributed by atoms with Gasteiger partial charge in [-0.1, -0.05) is 60.7 Å². The summed E-state index contributed by atoms with van der Waals surface area (Å²) in [5, 5.41) is 0. The monoisotopic (exact) mass is 392 g/mol. The van der Waals surface area contributed by atoms with Crippen LogP contribution < -0.4 is 0 Å². The van der Waals surface area contributed by atoms with E-state index in [9.17, 15) is 9.59 Å². The fraction of sp³-hybridized carbons (Fsp3) is 0.417. The second-order valence-corrected chi connectivity index (χ2v) is 7.96. The molecule has 0 N–H and O–H groups in total. The van der Waals surface area contributed by atoms with Crippen LogP contribution in [0.3, 0.4) is 0 Å². The van der Waals surface area contributed by atoms with Crippen LogP contribution in [0.5, 0.6) is 0 Å². The molecule has 2 aromatic carbocycles. The van der Waals surface area contributed by atoms with Crippen molar-refractivity contribution in [2.75, 3.05) is 26.2 Å². The average molecular weight is 392 g/mol. The molecule has 152 valence electrons. The lowest BCUT2D eigenvalue weighted by Gasteiger charge is -2.33. The van der Waals surface area contributed by atoms with Crippen molar-refractivity contribution in [1.29, 1.82) is 0 Å². The Balaban J connectivity index is 1.22. The topological polar surface area (TPSA) is 49.9 Å². The number of carbonyl (C=O) groups is 2. The van der Waals surface area contributed by atoms with E-state index in [1.807, 2.05) is 41.3 Å². The standard InChI is InChI=1S/C24H28N2O3/c27-23-15-21(20-9-5-2-6-10-20)16-26(23)17-24(28)25-13-11-22(12-14-25)29-18-19-7-3-1-4-8-19/h1-10,21-22H,11-18H2. The lowest BCUT2D eigenvalue weighted by molar-refractivity contribution is -0.140. The Bertz CT molecular complexity index is 817. The molecule has 0 spiro atoms. The van der Waals surface area contributed by atoms with Crippen LogP contribution in [0.4, 0.5) is 0 Å². The largest absolute Gasteiger partial charge is 0.373 e. The maximum Gasteiger partial charge on any atom is 0.242 e. The third-order valence-corrected chi connectivity index (χ3v) is 5.93. The number of carbonyl (C=O) groups excluding carboxylic acids is 2. The summed E-state index contributed by atoms with van der Waals surface area (Å²) in [6.45, 7) is 2.83. The molecule has 1 atom stereocenters. The number of piperidine rings is 1. The minimum absolute atomic E-state index is 0.0496. The highest BCUT2D eigenvalue weighted by molar-refractivity contribution is 5.86. The molecule has 0 aliphatic carbocycles. The zero-order chi connectivity index (χ0) is 20.1. The van der Waals surface area contributed by atoms with E-state index in [4.69, 9.17) is 4.74 Å². The van der Waals surface area contributed by atoms with Gasteiger partial charge in [0.15, 0.2) is 0 Å². The lowest BCUT2D eigenvalue weighted by Crippen LogP contribution is -2.45. The number of benzene rings is 2. The first-order chi connectivity index (χ1) is 14.2. The molecular weight excluding hydrogens is 364 g/mol. The number of nitrogens with zero attached hydrogens (tertiary/aromatic N) is 2. The van der Waals surface area contributed by atoms with Crippen LogP contribution in [-0.4, -0.2) is 53.9 Å². The molecule has 0 bridgehead atoms. The van der Waals surface area contributed by atoms with Crippen molar-refractivity contribution in [1.82, 2.24) is 9.80 Å². The molecule has 4 rings (SSSR count). The predicted molar refractivity (Wildman–Crippen MR) is 111 cm³/mol. The third-order valence-electron chi connectivity index (χ3n) is 5.93. The van der Waals surface area contributed by atoms with Crippen LogP contribution in [-0.2, 0) is 20.9 Å². The number of hydrogen-bond acceptors (Lipinski definition) is 3. The summed E-state index contributed by atoms with van der Waals surface area (Å²) in [7, 11) is 0. The van der Waals surface area contributed by atoms with Crippen LogP contribution in [0.2, 0.25) is 0 Å². The van der Waals surface area contributed by atoms with Gasteiger partial charge in [-0.3, -0.25) is 9.59 Å². The van der Waals surface area contributed by atoms with E-state index in [2.05, 4.69) is 24.3 Å². The van der Waals surface area contributed by atoms with Crippen molar-refractivity contribution < 1.29 is 14.3 Å². The van der Waals surface area contributed by atoms with Gasteiger partial charge in [-0.05, 0) is 24.0 Å². The average Bonchev–Trinajstić information content (AvgIpc) is 3.14. The van der Waals surface area contributed by atoms with Gasteiger partial charge in [0.2, 0.25) is 11.8 Å². The number of amides is 2. The first-order valence-electron chi connectivity index (χ1n) is 10.4. The Morgan fingerprint density at radius 1 is 0.966 bits per heavy atom. The van der Waals surface area contributed by atoms with Gasteiger partial charge in [-0.2, -0.15) is 0 Å². The molecule has 2 fully saturated rings. The van der Waals surface area contributed by atoms with Gasteiger partial charge < -0.3 is 14.5 Å². The van der Waals surface area contributed by atoms with Gasteiger partial charge in [0, 0.05) is 32.0 Å². The summed E-state index contributed by atoms with van der Waals surface area (Å²) in [5.74, 6) is 0.315. The normalized spacial score (nSPS) is 20.3. The molecule has 0 radical (unpaired) electrons. The van der Waals surface area contributed by atoms with E-state index in [1.165, 1.54) is 11.1 Å². The van der Waals surface area contributed by atoms with Crippen molar-refractivity contribution in [2.45, 2.75) is 37.9 Å². The summed E-state index contributed by atoms with van der Waals surface area (Å²) >= 11 is 0. The first-order valence-corrected chi connectivity index (χ1v) is 10.4. The molecule has 5 nitrogen and oxygen atoms in total. The maximum atomic E-state index is 12.7. The fourth-order valence-electron chi connectivity index (χ4n) is 4.20. The minimum atomic E-state index is 0.0496. The van der Waals surface area contributed by atoms with Gasteiger partial charge in [0.25, 0.3) is 0 Å². The summed E-state index contributed by atoms with van der Waals surface area (Å²) < 4.78 is 6.01. The highest BCUT2D eigenvalue weighted by atomic mass is 16.5. The molecule has 2 aromatic rings. The van der Waals surface area contributed by atoms with Crippen LogP contribution in [0, 0.1) is 0 Å². The number of hydrogen-bond donors (Lipinski definition) is 0. The lowest BCUT2D eigenvalue weighted by atomic mass is 9.99. The smallest absolute Gasteiger partial charge is 0.242 e. The molecule has 29 heavy (non-hydrogen) atoms. The third kappa shape index (κ3) is 5.04. The zero-order valence-corrected chi connectivity index (χ0v) is 16.7. The van der Waals surface area contributed by atoms with Crippen LogP contribution in [0.25, 0.3) is 0 Å². The number of likely N-dealkylation sites (tertiary alicyclic amines) is 2. The maximum absolute atomic E-state index is 12.7. The summed E-state index contributed by atoms with van der Waals surface area (Å²) in [4.78, 5) is 28.7. The van der Waals surface area contributed by atoms with E-state index in [-0.39, 0.29) is 30.4 Å². The Kier molecular flexibility index (Phi) is 6.25. The number of rotatable bonds is 6. The molecule has 2 aliphatic rings. The summed E-state index contributed by atoms with van der Waals surface area (Å²) in [6.07, 6.45) is 2.38. The summed E-state index contributed by atoms with van der Waals surface area (Å²) in [6, 6.07) is 20.3. The first kappa shape index (κ1) is 19.6. The fourth-order valence-corrected chi connectivity index (χ4v) is 4.20. The van der Waals surface area contributed by atoms with Crippen molar-refractivity contribution in [3.8, 4) is 0 Å². The highest BCUT2D eigenvalue weighted by Crippen LogP contribution is 2.28. The minimum Gasteiger partial charge on any atom is -0.373 e. The molecule has 5 heteroatoms. The van der Waals surface area contributed by atoms with Crippen molar-refractivity contribution in [2.24, 2.45) is 0 Å². The van der Waals surface area contributed by atoms with Gasteiger partial charge in [0.05, 0.1) is 19.3 Å². The van der Waals surface area contributed by atoms with E-state index in [1.54, 1.807) is 4.90 Å². The molecule has 2 saturated heterocycles. The Hall–Kier alpha value is -2.66. The SMILES string of the molecule is O=C(CN1CC(c2ccccc2)CC1=O)N1CCC(OCc2ccccc2)CC1. The molecular formula is C24H28N2O3.